The number of hydrogen-bond donors (Lipinski definition) is 1. The average molecular weight is 366 g/mol. The Kier molecular flexibility index (Phi) is 5.39. The summed E-state index contributed by atoms with van der Waals surface area (Å²) < 4.78 is 5.57. The van der Waals surface area contributed by atoms with Crippen LogP contribution in [0.1, 0.15) is 36.0 Å². The summed E-state index contributed by atoms with van der Waals surface area (Å²) in [7, 11) is 0. The first kappa shape index (κ1) is 18.0. The van der Waals surface area contributed by atoms with Crippen LogP contribution < -0.4 is 5.32 Å². The van der Waals surface area contributed by atoms with Gasteiger partial charge in [0.2, 0.25) is 5.91 Å². The summed E-state index contributed by atoms with van der Waals surface area (Å²) in [4.78, 5) is 27.5. The SMILES string of the molecule is O=C(NCC1CCCO1)C1CCCN(C(=O)c2cccc3ccccc23)C1. The lowest BCUT2D eigenvalue weighted by Gasteiger charge is -2.32. The number of nitrogens with one attached hydrogen (secondary N) is 1. The van der Waals surface area contributed by atoms with E-state index >= 15 is 0 Å². The lowest BCUT2D eigenvalue weighted by molar-refractivity contribution is -0.126. The fourth-order valence-electron chi connectivity index (χ4n) is 4.12. The van der Waals surface area contributed by atoms with Crippen LogP contribution in [0.15, 0.2) is 42.5 Å². The zero-order valence-electron chi connectivity index (χ0n) is 15.5. The molecule has 0 bridgehead atoms. The van der Waals surface area contributed by atoms with Crippen LogP contribution in [-0.2, 0) is 9.53 Å². The number of hydrogen-bond acceptors (Lipinski definition) is 3. The number of benzene rings is 2. The minimum atomic E-state index is -0.140. The number of ether oxygens (including phenoxy) is 1. The molecule has 2 aliphatic rings. The fraction of sp³-hybridized carbons (Fsp3) is 0.455. The van der Waals surface area contributed by atoms with Gasteiger partial charge in [0.25, 0.3) is 5.91 Å². The van der Waals surface area contributed by atoms with Crippen molar-refractivity contribution in [2.24, 2.45) is 5.92 Å². The van der Waals surface area contributed by atoms with Crippen LogP contribution in [-0.4, -0.2) is 49.1 Å². The molecule has 27 heavy (non-hydrogen) atoms. The molecule has 2 aromatic carbocycles. The molecule has 0 saturated carbocycles. The van der Waals surface area contributed by atoms with Crippen LogP contribution in [0.4, 0.5) is 0 Å². The highest BCUT2D eigenvalue weighted by Crippen LogP contribution is 2.23. The van der Waals surface area contributed by atoms with E-state index in [1.54, 1.807) is 0 Å². The molecule has 2 aliphatic heterocycles. The minimum absolute atomic E-state index is 0.0171. The van der Waals surface area contributed by atoms with Gasteiger partial charge in [-0.2, -0.15) is 0 Å². The Balaban J connectivity index is 1.42. The summed E-state index contributed by atoms with van der Waals surface area (Å²) in [5.41, 5.74) is 0.716. The molecule has 1 N–H and O–H groups in total. The maximum atomic E-state index is 13.1. The van der Waals surface area contributed by atoms with Crippen molar-refractivity contribution in [3.05, 3.63) is 48.0 Å². The zero-order chi connectivity index (χ0) is 18.6. The zero-order valence-corrected chi connectivity index (χ0v) is 15.5. The molecule has 0 aromatic heterocycles. The molecule has 142 valence electrons. The standard InChI is InChI=1S/C22H26N2O3/c25-21(23-14-18-9-5-13-27-18)17-8-4-12-24(15-17)22(26)20-11-3-7-16-6-1-2-10-19(16)20/h1-3,6-7,10-11,17-18H,4-5,8-9,12-15H2,(H,23,25). The molecule has 4 rings (SSSR count). The maximum Gasteiger partial charge on any atom is 0.254 e. The van der Waals surface area contributed by atoms with Gasteiger partial charge in [0.1, 0.15) is 0 Å². The van der Waals surface area contributed by atoms with Gasteiger partial charge in [0, 0.05) is 31.8 Å². The first-order valence-corrected chi connectivity index (χ1v) is 9.89. The number of likely N-dealkylation sites (tertiary alicyclic amines) is 1. The molecule has 2 amide bonds. The molecule has 2 atom stereocenters. The summed E-state index contributed by atoms with van der Waals surface area (Å²) >= 11 is 0. The van der Waals surface area contributed by atoms with Gasteiger partial charge in [-0.3, -0.25) is 9.59 Å². The maximum absolute atomic E-state index is 13.1. The average Bonchev–Trinajstić information content (AvgIpc) is 3.25. The van der Waals surface area contributed by atoms with Crippen molar-refractivity contribution in [1.82, 2.24) is 10.2 Å². The third-order valence-corrected chi connectivity index (χ3v) is 5.63. The van der Waals surface area contributed by atoms with Gasteiger partial charge in [-0.25, -0.2) is 0 Å². The molecular formula is C22H26N2O3. The summed E-state index contributed by atoms with van der Waals surface area (Å²) in [6.07, 6.45) is 3.91. The lowest BCUT2D eigenvalue weighted by Crippen LogP contribution is -2.46. The summed E-state index contributed by atoms with van der Waals surface area (Å²) in [6.45, 7) is 2.56. The van der Waals surface area contributed by atoms with Gasteiger partial charge in [-0.1, -0.05) is 36.4 Å². The molecule has 2 saturated heterocycles. The number of fused-ring (bicyclic) bond motifs is 1. The van der Waals surface area contributed by atoms with Crippen molar-refractivity contribution in [2.45, 2.75) is 31.8 Å². The molecule has 0 aliphatic carbocycles. The highest BCUT2D eigenvalue weighted by Gasteiger charge is 2.30. The Labute approximate surface area is 159 Å². The van der Waals surface area contributed by atoms with E-state index < -0.39 is 0 Å². The second kappa shape index (κ2) is 8.09. The Morgan fingerprint density at radius 3 is 2.78 bits per heavy atom. The topological polar surface area (TPSA) is 58.6 Å². The van der Waals surface area contributed by atoms with Crippen LogP contribution in [0.2, 0.25) is 0 Å². The Morgan fingerprint density at radius 2 is 1.93 bits per heavy atom. The van der Waals surface area contributed by atoms with Crippen LogP contribution in [0.25, 0.3) is 10.8 Å². The predicted molar refractivity (Wildman–Crippen MR) is 105 cm³/mol. The smallest absolute Gasteiger partial charge is 0.254 e. The van der Waals surface area contributed by atoms with E-state index in [1.165, 1.54) is 0 Å². The Morgan fingerprint density at radius 1 is 1.07 bits per heavy atom. The molecule has 0 radical (unpaired) electrons. The Bertz CT molecular complexity index is 824. The van der Waals surface area contributed by atoms with E-state index in [1.807, 2.05) is 47.4 Å². The van der Waals surface area contributed by atoms with Crippen LogP contribution in [0, 0.1) is 5.92 Å². The van der Waals surface area contributed by atoms with Gasteiger partial charge >= 0.3 is 0 Å². The molecule has 2 unspecified atom stereocenters. The number of carbonyl (C=O) groups is 2. The number of nitrogens with zero attached hydrogens (tertiary/aromatic N) is 1. The first-order chi connectivity index (χ1) is 13.2. The van der Waals surface area contributed by atoms with Crippen molar-refractivity contribution < 1.29 is 14.3 Å². The van der Waals surface area contributed by atoms with Crippen molar-refractivity contribution in [2.75, 3.05) is 26.2 Å². The van der Waals surface area contributed by atoms with Gasteiger partial charge < -0.3 is 15.0 Å². The van der Waals surface area contributed by atoms with Crippen LogP contribution in [0.3, 0.4) is 0 Å². The number of carbonyl (C=O) groups excluding carboxylic acids is 2. The third kappa shape index (κ3) is 3.98. The van der Waals surface area contributed by atoms with Crippen molar-refractivity contribution in [3.63, 3.8) is 0 Å². The Hall–Kier alpha value is -2.40. The normalized spacial score (nSPS) is 22.7. The molecular weight excluding hydrogens is 340 g/mol. The number of piperidine rings is 1. The van der Waals surface area contributed by atoms with E-state index in [4.69, 9.17) is 4.74 Å². The van der Waals surface area contributed by atoms with Gasteiger partial charge in [0.15, 0.2) is 0 Å². The summed E-state index contributed by atoms with van der Waals surface area (Å²) in [6, 6.07) is 13.8. The highest BCUT2D eigenvalue weighted by molar-refractivity contribution is 6.07. The van der Waals surface area contributed by atoms with Crippen LogP contribution in [0.5, 0.6) is 0 Å². The van der Waals surface area contributed by atoms with E-state index in [0.29, 0.717) is 25.2 Å². The predicted octanol–water partition coefficient (Wildman–Crippen LogP) is 2.99. The number of amides is 2. The summed E-state index contributed by atoms with van der Waals surface area (Å²) in [5.74, 6) is -0.0802. The van der Waals surface area contributed by atoms with E-state index in [0.717, 1.165) is 43.1 Å². The minimum Gasteiger partial charge on any atom is -0.376 e. The fourth-order valence-corrected chi connectivity index (χ4v) is 4.12. The van der Waals surface area contributed by atoms with Gasteiger partial charge in [-0.05, 0) is 42.5 Å². The van der Waals surface area contributed by atoms with Gasteiger partial charge in [-0.15, -0.1) is 0 Å². The number of rotatable bonds is 4. The van der Waals surface area contributed by atoms with E-state index in [2.05, 4.69) is 5.32 Å². The second-order valence-electron chi connectivity index (χ2n) is 7.50. The van der Waals surface area contributed by atoms with Gasteiger partial charge in [0.05, 0.1) is 12.0 Å². The quantitative estimate of drug-likeness (QED) is 0.905. The summed E-state index contributed by atoms with van der Waals surface area (Å²) in [5, 5.41) is 5.05. The second-order valence-corrected chi connectivity index (χ2v) is 7.50. The van der Waals surface area contributed by atoms with Crippen molar-refractivity contribution in [3.8, 4) is 0 Å². The highest BCUT2D eigenvalue weighted by atomic mass is 16.5. The molecule has 5 nitrogen and oxygen atoms in total. The first-order valence-electron chi connectivity index (χ1n) is 9.89. The van der Waals surface area contributed by atoms with E-state index in [9.17, 15) is 9.59 Å². The molecule has 2 fully saturated rings. The molecule has 2 heterocycles. The van der Waals surface area contributed by atoms with Crippen LogP contribution >= 0.6 is 0 Å². The molecule has 0 spiro atoms. The largest absolute Gasteiger partial charge is 0.376 e. The third-order valence-electron chi connectivity index (χ3n) is 5.63. The monoisotopic (exact) mass is 366 g/mol. The van der Waals surface area contributed by atoms with Crippen molar-refractivity contribution >= 4 is 22.6 Å². The molecule has 2 aromatic rings. The lowest BCUT2D eigenvalue weighted by atomic mass is 9.95. The van der Waals surface area contributed by atoms with E-state index in [-0.39, 0.29) is 23.8 Å². The van der Waals surface area contributed by atoms with Crippen molar-refractivity contribution in [1.29, 1.82) is 0 Å². The molecule has 5 heteroatoms.